The first-order valence-electron chi connectivity index (χ1n) is 8.36. The molecule has 0 aliphatic carbocycles. The fraction of sp³-hybridized carbons (Fsp3) is 0.300. The van der Waals surface area contributed by atoms with Gasteiger partial charge in [-0.15, -0.1) is 0 Å². The Kier molecular flexibility index (Phi) is 5.06. The first-order valence-corrected chi connectivity index (χ1v) is 8.36. The van der Waals surface area contributed by atoms with Gasteiger partial charge < -0.3 is 10.2 Å². The summed E-state index contributed by atoms with van der Waals surface area (Å²) in [6.45, 7) is 1.42. The number of likely N-dealkylation sites (N-methyl/N-ethyl adjacent to an activating group) is 1. The van der Waals surface area contributed by atoms with Crippen LogP contribution in [0.1, 0.15) is 39.1 Å². The molecule has 1 saturated heterocycles. The monoisotopic (exact) mass is 322 g/mol. The van der Waals surface area contributed by atoms with E-state index in [1.807, 2.05) is 36.2 Å². The van der Waals surface area contributed by atoms with Crippen LogP contribution in [-0.2, 0) is 0 Å². The summed E-state index contributed by atoms with van der Waals surface area (Å²) in [7, 11) is 1.92. The van der Waals surface area contributed by atoms with Crippen molar-refractivity contribution in [3.63, 3.8) is 0 Å². The molecule has 4 nitrogen and oxygen atoms in total. The highest BCUT2D eigenvalue weighted by atomic mass is 16.2. The van der Waals surface area contributed by atoms with E-state index in [-0.39, 0.29) is 11.7 Å². The summed E-state index contributed by atoms with van der Waals surface area (Å²) in [5.74, 6) is -0.170. The number of nitrogens with one attached hydrogen (secondary N) is 1. The van der Waals surface area contributed by atoms with Crippen LogP contribution in [0.4, 0.5) is 0 Å². The standard InChI is InChI=1S/C20H22N2O2/c1-21-16-10-7-13-22(14-16)20(24)18-12-6-5-11-17(18)19(23)15-8-3-2-4-9-15/h2-6,8-9,11-12,16,21H,7,10,13-14H2,1H3. The summed E-state index contributed by atoms with van der Waals surface area (Å²) in [6, 6.07) is 16.5. The van der Waals surface area contributed by atoms with Gasteiger partial charge in [-0.3, -0.25) is 9.59 Å². The van der Waals surface area contributed by atoms with Gasteiger partial charge in [-0.05, 0) is 26.0 Å². The van der Waals surface area contributed by atoms with Crippen molar-refractivity contribution in [1.29, 1.82) is 0 Å². The van der Waals surface area contributed by atoms with Crippen LogP contribution in [-0.4, -0.2) is 42.8 Å². The lowest BCUT2D eigenvalue weighted by Gasteiger charge is -2.33. The van der Waals surface area contributed by atoms with Crippen LogP contribution in [0.25, 0.3) is 0 Å². The Balaban J connectivity index is 1.89. The van der Waals surface area contributed by atoms with E-state index in [1.54, 1.807) is 30.3 Å². The summed E-state index contributed by atoms with van der Waals surface area (Å²) in [5, 5.41) is 3.24. The van der Waals surface area contributed by atoms with Gasteiger partial charge >= 0.3 is 0 Å². The number of carbonyl (C=O) groups excluding carboxylic acids is 2. The minimum absolute atomic E-state index is 0.0603. The molecule has 1 fully saturated rings. The van der Waals surface area contributed by atoms with Crippen molar-refractivity contribution in [3.8, 4) is 0 Å². The molecule has 3 rings (SSSR count). The molecule has 124 valence electrons. The van der Waals surface area contributed by atoms with Crippen molar-refractivity contribution in [2.75, 3.05) is 20.1 Å². The van der Waals surface area contributed by atoms with Crippen molar-refractivity contribution in [2.24, 2.45) is 0 Å². The minimum atomic E-state index is -0.110. The molecule has 1 heterocycles. The molecule has 1 unspecified atom stereocenters. The highest BCUT2D eigenvalue weighted by Gasteiger charge is 2.26. The van der Waals surface area contributed by atoms with Gasteiger partial charge in [-0.2, -0.15) is 0 Å². The number of likely N-dealkylation sites (tertiary alicyclic amines) is 1. The molecule has 1 amide bonds. The number of hydrogen-bond acceptors (Lipinski definition) is 3. The molecular weight excluding hydrogens is 300 g/mol. The summed E-state index contributed by atoms with van der Waals surface area (Å²) in [5.41, 5.74) is 1.56. The van der Waals surface area contributed by atoms with Gasteiger partial charge in [0.05, 0.1) is 5.56 Å². The minimum Gasteiger partial charge on any atom is -0.337 e. The molecule has 1 atom stereocenters. The Hall–Kier alpha value is -2.46. The lowest BCUT2D eigenvalue weighted by Crippen LogP contribution is -2.47. The molecule has 0 bridgehead atoms. The molecule has 1 aliphatic heterocycles. The lowest BCUT2D eigenvalue weighted by molar-refractivity contribution is 0.0694. The average Bonchev–Trinajstić information content (AvgIpc) is 2.67. The first kappa shape index (κ1) is 16.4. The van der Waals surface area contributed by atoms with E-state index in [4.69, 9.17) is 0 Å². The summed E-state index contributed by atoms with van der Waals surface area (Å²) < 4.78 is 0. The van der Waals surface area contributed by atoms with E-state index in [0.717, 1.165) is 19.4 Å². The number of amides is 1. The second kappa shape index (κ2) is 7.41. The number of carbonyl (C=O) groups is 2. The van der Waals surface area contributed by atoms with Gasteiger partial charge in [-0.1, -0.05) is 48.5 Å². The smallest absolute Gasteiger partial charge is 0.254 e. The van der Waals surface area contributed by atoms with Crippen molar-refractivity contribution < 1.29 is 9.59 Å². The number of benzene rings is 2. The number of piperidine rings is 1. The molecule has 0 spiro atoms. The third kappa shape index (κ3) is 3.39. The van der Waals surface area contributed by atoms with E-state index in [0.29, 0.717) is 29.3 Å². The van der Waals surface area contributed by atoms with E-state index in [9.17, 15) is 9.59 Å². The SMILES string of the molecule is CNC1CCCN(C(=O)c2ccccc2C(=O)c2ccccc2)C1. The fourth-order valence-electron chi connectivity index (χ4n) is 3.18. The summed E-state index contributed by atoms with van der Waals surface area (Å²) >= 11 is 0. The maximum Gasteiger partial charge on any atom is 0.254 e. The zero-order valence-corrected chi connectivity index (χ0v) is 13.9. The van der Waals surface area contributed by atoms with Crippen LogP contribution in [0.2, 0.25) is 0 Å². The highest BCUT2D eigenvalue weighted by molar-refractivity contribution is 6.15. The van der Waals surface area contributed by atoms with Crippen molar-refractivity contribution in [3.05, 3.63) is 71.3 Å². The molecule has 4 heteroatoms. The molecular formula is C20H22N2O2. The predicted molar refractivity (Wildman–Crippen MR) is 94.3 cm³/mol. The van der Waals surface area contributed by atoms with Crippen LogP contribution in [0.3, 0.4) is 0 Å². The Morgan fingerprint density at radius 1 is 1.00 bits per heavy atom. The van der Waals surface area contributed by atoms with Crippen molar-refractivity contribution in [2.45, 2.75) is 18.9 Å². The van der Waals surface area contributed by atoms with Gasteiger partial charge in [0, 0.05) is 30.3 Å². The maximum atomic E-state index is 13.0. The van der Waals surface area contributed by atoms with E-state index in [1.165, 1.54) is 0 Å². The van der Waals surface area contributed by atoms with Crippen molar-refractivity contribution in [1.82, 2.24) is 10.2 Å². The number of ketones is 1. The molecule has 1 aliphatic rings. The Labute approximate surface area is 142 Å². The Bertz CT molecular complexity index is 727. The van der Waals surface area contributed by atoms with Crippen LogP contribution >= 0.6 is 0 Å². The maximum absolute atomic E-state index is 13.0. The molecule has 2 aromatic carbocycles. The zero-order chi connectivity index (χ0) is 16.9. The van der Waals surface area contributed by atoms with Crippen LogP contribution in [0.15, 0.2) is 54.6 Å². The van der Waals surface area contributed by atoms with Gasteiger partial charge in [0.2, 0.25) is 0 Å². The Morgan fingerprint density at radius 2 is 1.67 bits per heavy atom. The van der Waals surface area contributed by atoms with Gasteiger partial charge in [0.15, 0.2) is 5.78 Å². The van der Waals surface area contributed by atoms with Gasteiger partial charge in [0.25, 0.3) is 5.91 Å². The first-order chi connectivity index (χ1) is 11.7. The van der Waals surface area contributed by atoms with Crippen LogP contribution < -0.4 is 5.32 Å². The number of nitrogens with zero attached hydrogens (tertiary/aromatic N) is 1. The molecule has 0 radical (unpaired) electrons. The molecule has 0 aromatic heterocycles. The lowest BCUT2D eigenvalue weighted by atomic mass is 9.96. The third-order valence-electron chi connectivity index (χ3n) is 4.55. The molecule has 24 heavy (non-hydrogen) atoms. The average molecular weight is 322 g/mol. The number of hydrogen-bond donors (Lipinski definition) is 1. The van der Waals surface area contributed by atoms with Crippen LogP contribution in [0, 0.1) is 0 Å². The van der Waals surface area contributed by atoms with Gasteiger partial charge in [0.1, 0.15) is 0 Å². The topological polar surface area (TPSA) is 49.4 Å². The molecule has 1 N–H and O–H groups in total. The summed E-state index contributed by atoms with van der Waals surface area (Å²) in [6.07, 6.45) is 2.05. The zero-order valence-electron chi connectivity index (χ0n) is 13.9. The quantitative estimate of drug-likeness (QED) is 0.881. The number of rotatable bonds is 4. The predicted octanol–water partition coefficient (Wildman–Crippen LogP) is 2.74. The Morgan fingerprint density at radius 3 is 2.38 bits per heavy atom. The van der Waals surface area contributed by atoms with Crippen molar-refractivity contribution >= 4 is 11.7 Å². The summed E-state index contributed by atoms with van der Waals surface area (Å²) in [4.78, 5) is 27.6. The normalized spacial score (nSPS) is 17.5. The fourth-order valence-corrected chi connectivity index (χ4v) is 3.18. The second-order valence-electron chi connectivity index (χ2n) is 6.12. The molecule has 2 aromatic rings. The van der Waals surface area contributed by atoms with Gasteiger partial charge in [-0.25, -0.2) is 0 Å². The largest absolute Gasteiger partial charge is 0.337 e. The van der Waals surface area contributed by atoms with E-state index >= 15 is 0 Å². The van der Waals surface area contributed by atoms with E-state index < -0.39 is 0 Å². The highest BCUT2D eigenvalue weighted by Crippen LogP contribution is 2.19. The second-order valence-corrected chi connectivity index (χ2v) is 6.12. The third-order valence-corrected chi connectivity index (χ3v) is 4.55. The van der Waals surface area contributed by atoms with Crippen LogP contribution in [0.5, 0.6) is 0 Å². The molecule has 0 saturated carbocycles. The van der Waals surface area contributed by atoms with E-state index in [2.05, 4.69) is 5.32 Å².